The molecule has 0 bridgehead atoms. The lowest BCUT2D eigenvalue weighted by Gasteiger charge is -2.26. The summed E-state index contributed by atoms with van der Waals surface area (Å²) >= 11 is 7.82. The van der Waals surface area contributed by atoms with Crippen molar-refractivity contribution in [3.63, 3.8) is 0 Å². The lowest BCUT2D eigenvalue weighted by Crippen LogP contribution is -2.40. The normalized spacial score (nSPS) is 15.8. The molecule has 3 heterocycles. The molecule has 5 rings (SSSR count). The number of hydrogen-bond donors (Lipinski definition) is 1. The van der Waals surface area contributed by atoms with Crippen LogP contribution in [-0.2, 0) is 4.79 Å². The Morgan fingerprint density at radius 1 is 1.15 bits per heavy atom. The minimum absolute atomic E-state index is 0.248. The molecule has 6 nitrogen and oxygen atoms in total. The highest BCUT2D eigenvalue weighted by atomic mass is 35.5. The van der Waals surface area contributed by atoms with Crippen LogP contribution >= 0.6 is 22.9 Å². The van der Waals surface area contributed by atoms with E-state index in [-0.39, 0.29) is 11.5 Å². The number of fused-ring (bicyclic) bond motifs is 1. The molecule has 1 atom stereocenters. The summed E-state index contributed by atoms with van der Waals surface area (Å²) in [6.07, 6.45) is 4.86. The summed E-state index contributed by atoms with van der Waals surface area (Å²) in [4.78, 5) is 32.1. The zero-order valence-corrected chi connectivity index (χ0v) is 19.1. The molecular formula is C25H18ClN3O3S. The predicted molar refractivity (Wildman–Crippen MR) is 129 cm³/mol. The summed E-state index contributed by atoms with van der Waals surface area (Å²) in [5, 5.41) is 3.39. The van der Waals surface area contributed by atoms with Crippen molar-refractivity contribution in [2.24, 2.45) is 4.99 Å². The number of amides is 1. The summed E-state index contributed by atoms with van der Waals surface area (Å²) < 4.78 is 7.16. The Labute approximate surface area is 197 Å². The van der Waals surface area contributed by atoms with Crippen LogP contribution in [0.5, 0.6) is 0 Å². The zero-order chi connectivity index (χ0) is 22.9. The van der Waals surface area contributed by atoms with Gasteiger partial charge in [-0.25, -0.2) is 4.99 Å². The molecule has 1 amide bonds. The molecule has 0 saturated carbocycles. The Morgan fingerprint density at radius 2 is 1.91 bits per heavy atom. The monoisotopic (exact) mass is 475 g/mol. The first kappa shape index (κ1) is 21.2. The molecule has 2 aromatic carbocycles. The maximum atomic E-state index is 13.5. The molecule has 0 unspecified atom stereocenters. The average Bonchev–Trinajstić information content (AvgIpc) is 3.42. The van der Waals surface area contributed by atoms with Gasteiger partial charge >= 0.3 is 0 Å². The largest absolute Gasteiger partial charge is 0.472 e. The van der Waals surface area contributed by atoms with Crippen LogP contribution in [0.1, 0.15) is 24.1 Å². The maximum absolute atomic E-state index is 13.5. The lowest BCUT2D eigenvalue weighted by molar-refractivity contribution is -0.113. The first-order valence-electron chi connectivity index (χ1n) is 10.2. The third kappa shape index (κ3) is 3.97. The standard InChI is InChI=1S/C25H18ClN3O3S/c1-15-21(23(30)28-17-7-3-2-4-8-17)22(18-9-5-6-10-19(18)26)29-24(31)20(33-25(29)27-15)13-16-11-12-32-14-16/h2-14,22H,1H3,(H,28,30)/b20-13+/t22-/m1/s1. The number of thiazole rings is 1. The third-order valence-electron chi connectivity index (χ3n) is 5.34. The fourth-order valence-electron chi connectivity index (χ4n) is 3.83. The number of para-hydroxylation sites is 1. The molecule has 2 aromatic heterocycles. The molecule has 1 N–H and O–H groups in total. The zero-order valence-electron chi connectivity index (χ0n) is 17.5. The van der Waals surface area contributed by atoms with E-state index in [0.29, 0.717) is 36.9 Å². The third-order valence-corrected chi connectivity index (χ3v) is 6.67. The van der Waals surface area contributed by atoms with Crippen LogP contribution in [0, 0.1) is 0 Å². The van der Waals surface area contributed by atoms with Gasteiger partial charge in [0.1, 0.15) is 0 Å². The molecule has 0 spiro atoms. The molecule has 4 aromatic rings. The average molecular weight is 476 g/mol. The number of anilines is 1. The fraction of sp³-hybridized carbons (Fsp3) is 0.0800. The quantitative estimate of drug-likeness (QED) is 0.482. The summed E-state index contributed by atoms with van der Waals surface area (Å²) in [6, 6.07) is 17.4. The molecule has 33 heavy (non-hydrogen) atoms. The number of furan rings is 1. The van der Waals surface area contributed by atoms with Crippen molar-refractivity contribution in [2.75, 3.05) is 5.32 Å². The fourth-order valence-corrected chi connectivity index (χ4v) is 5.12. The van der Waals surface area contributed by atoms with Gasteiger partial charge in [-0.1, -0.05) is 59.3 Å². The molecule has 8 heteroatoms. The van der Waals surface area contributed by atoms with E-state index in [2.05, 4.69) is 10.3 Å². The molecule has 1 aliphatic heterocycles. The van der Waals surface area contributed by atoms with Crippen LogP contribution < -0.4 is 20.2 Å². The Hall–Kier alpha value is -3.68. The number of nitrogens with one attached hydrogen (secondary N) is 1. The highest BCUT2D eigenvalue weighted by molar-refractivity contribution is 7.07. The second-order valence-electron chi connectivity index (χ2n) is 7.48. The second-order valence-corrected chi connectivity index (χ2v) is 8.90. The van der Waals surface area contributed by atoms with E-state index >= 15 is 0 Å². The molecule has 0 aliphatic carbocycles. The number of rotatable bonds is 4. The van der Waals surface area contributed by atoms with Gasteiger partial charge in [-0.3, -0.25) is 14.2 Å². The van der Waals surface area contributed by atoms with Gasteiger partial charge in [0.2, 0.25) is 0 Å². The van der Waals surface area contributed by atoms with Crippen molar-refractivity contribution in [2.45, 2.75) is 13.0 Å². The van der Waals surface area contributed by atoms with Crippen LogP contribution in [0.4, 0.5) is 5.69 Å². The van der Waals surface area contributed by atoms with E-state index in [1.807, 2.05) is 36.4 Å². The minimum Gasteiger partial charge on any atom is -0.472 e. The highest BCUT2D eigenvalue weighted by Crippen LogP contribution is 2.34. The Kier molecular flexibility index (Phi) is 5.58. The highest BCUT2D eigenvalue weighted by Gasteiger charge is 2.33. The Morgan fingerprint density at radius 3 is 2.64 bits per heavy atom. The number of hydrogen-bond acceptors (Lipinski definition) is 5. The van der Waals surface area contributed by atoms with Gasteiger partial charge in [0.25, 0.3) is 11.5 Å². The topological polar surface area (TPSA) is 76.6 Å². The van der Waals surface area contributed by atoms with E-state index < -0.39 is 6.04 Å². The molecule has 0 fully saturated rings. The van der Waals surface area contributed by atoms with Crippen molar-refractivity contribution in [3.8, 4) is 0 Å². The van der Waals surface area contributed by atoms with Crippen molar-refractivity contribution < 1.29 is 9.21 Å². The summed E-state index contributed by atoms with van der Waals surface area (Å²) in [5.41, 5.74) is 2.73. The summed E-state index contributed by atoms with van der Waals surface area (Å²) in [5.74, 6) is -0.337. The van der Waals surface area contributed by atoms with Crippen molar-refractivity contribution >= 4 is 40.6 Å². The maximum Gasteiger partial charge on any atom is 0.271 e. The SMILES string of the molecule is CC1=C(C(=O)Nc2ccccc2)[C@@H](c2ccccc2Cl)n2c(s/c(=C/c3ccoc3)c2=O)=N1. The van der Waals surface area contributed by atoms with Gasteiger partial charge in [-0.2, -0.15) is 0 Å². The van der Waals surface area contributed by atoms with Crippen LogP contribution in [0.3, 0.4) is 0 Å². The molecule has 164 valence electrons. The summed E-state index contributed by atoms with van der Waals surface area (Å²) in [6.45, 7) is 1.77. The molecule has 1 aliphatic rings. The van der Waals surface area contributed by atoms with E-state index in [9.17, 15) is 9.59 Å². The van der Waals surface area contributed by atoms with E-state index in [1.54, 1.807) is 54.4 Å². The van der Waals surface area contributed by atoms with Crippen LogP contribution in [0.2, 0.25) is 5.02 Å². The van der Waals surface area contributed by atoms with Gasteiger partial charge < -0.3 is 9.73 Å². The van der Waals surface area contributed by atoms with Crippen molar-refractivity contribution in [1.82, 2.24) is 4.57 Å². The Balaban J connectivity index is 1.71. The van der Waals surface area contributed by atoms with Gasteiger partial charge in [-0.15, -0.1) is 0 Å². The number of halogens is 1. The van der Waals surface area contributed by atoms with Gasteiger partial charge in [0.05, 0.1) is 34.4 Å². The Bertz CT molecular complexity index is 1550. The number of carbonyl (C=O) groups excluding carboxylic acids is 1. The minimum atomic E-state index is -0.717. The van der Waals surface area contributed by atoms with Crippen LogP contribution in [0.15, 0.2) is 98.7 Å². The predicted octanol–water partition coefficient (Wildman–Crippen LogP) is 4.12. The second kappa shape index (κ2) is 8.69. The number of nitrogens with zero attached hydrogens (tertiary/aromatic N) is 2. The first-order valence-corrected chi connectivity index (χ1v) is 11.4. The molecule has 0 saturated heterocycles. The van der Waals surface area contributed by atoms with Crippen LogP contribution in [0.25, 0.3) is 6.08 Å². The molecular weight excluding hydrogens is 458 g/mol. The van der Waals surface area contributed by atoms with Crippen LogP contribution in [-0.4, -0.2) is 10.5 Å². The first-order chi connectivity index (χ1) is 16.0. The number of benzene rings is 2. The number of aromatic nitrogens is 1. The van der Waals surface area contributed by atoms with Crippen molar-refractivity contribution in [3.05, 3.63) is 120 Å². The lowest BCUT2D eigenvalue weighted by atomic mass is 9.95. The van der Waals surface area contributed by atoms with Gasteiger partial charge in [0.15, 0.2) is 4.80 Å². The van der Waals surface area contributed by atoms with Gasteiger partial charge in [0, 0.05) is 16.3 Å². The van der Waals surface area contributed by atoms with E-state index in [4.69, 9.17) is 16.0 Å². The number of carbonyl (C=O) groups is 1. The van der Waals surface area contributed by atoms with Crippen molar-refractivity contribution in [1.29, 1.82) is 0 Å². The van der Waals surface area contributed by atoms with E-state index in [0.717, 1.165) is 5.56 Å². The summed E-state index contributed by atoms with van der Waals surface area (Å²) in [7, 11) is 0. The van der Waals surface area contributed by atoms with E-state index in [1.165, 1.54) is 11.3 Å². The van der Waals surface area contributed by atoms with Gasteiger partial charge in [-0.05, 0) is 42.8 Å². The molecule has 0 radical (unpaired) electrons. The number of allylic oxidation sites excluding steroid dienone is 1. The smallest absolute Gasteiger partial charge is 0.271 e.